The molecule has 1 aromatic heterocycles. The number of nitrogens with zero attached hydrogens (tertiary/aromatic N) is 3. The molecule has 5 nitrogen and oxygen atoms in total. The number of rotatable bonds is 6. The van der Waals surface area contributed by atoms with Crippen LogP contribution >= 0.6 is 11.6 Å². The molecule has 0 atom stereocenters. The van der Waals surface area contributed by atoms with Crippen molar-refractivity contribution in [2.75, 3.05) is 13.1 Å². The van der Waals surface area contributed by atoms with E-state index in [0.717, 1.165) is 31.0 Å². The number of aryl methyl sites for hydroxylation is 1. The zero-order valence-corrected chi connectivity index (χ0v) is 16.5. The molecule has 1 aliphatic heterocycles. The lowest BCUT2D eigenvalue weighted by molar-refractivity contribution is 0.160. The number of aromatic nitrogens is 2. The van der Waals surface area contributed by atoms with Gasteiger partial charge in [0.25, 0.3) is 0 Å². The van der Waals surface area contributed by atoms with Gasteiger partial charge in [-0.25, -0.2) is 0 Å². The van der Waals surface area contributed by atoms with Crippen molar-refractivity contribution < 1.29 is 9.52 Å². The van der Waals surface area contributed by atoms with E-state index >= 15 is 0 Å². The molecular weight excluding hydrogens is 374 g/mol. The van der Waals surface area contributed by atoms with Crippen LogP contribution in [0.25, 0.3) is 11.5 Å². The van der Waals surface area contributed by atoms with E-state index in [1.165, 1.54) is 24.8 Å². The first-order valence-electron chi connectivity index (χ1n) is 9.75. The molecule has 146 valence electrons. The smallest absolute Gasteiger partial charge is 0.249 e. The van der Waals surface area contributed by atoms with Crippen LogP contribution in [0.4, 0.5) is 0 Å². The van der Waals surface area contributed by atoms with E-state index in [4.69, 9.17) is 16.0 Å². The standard InChI is InChI=1S/C22H24ClN3O2/c23-20-4-2-1-3-19(20)22-25-24-21(28-22)15-26-13-11-17(12-14-26)6-5-16-7-9-18(27)10-8-16/h1-4,7-10,17,27H,5-6,11-15H2. The highest BCUT2D eigenvalue weighted by molar-refractivity contribution is 6.33. The molecule has 1 fully saturated rings. The van der Waals surface area contributed by atoms with E-state index in [2.05, 4.69) is 15.1 Å². The van der Waals surface area contributed by atoms with Gasteiger partial charge in [-0.05, 0) is 74.5 Å². The number of likely N-dealkylation sites (tertiary alicyclic amines) is 1. The number of hydrogen-bond acceptors (Lipinski definition) is 5. The highest BCUT2D eigenvalue weighted by Gasteiger charge is 2.21. The highest BCUT2D eigenvalue weighted by atomic mass is 35.5. The molecule has 4 rings (SSSR count). The first kappa shape index (κ1) is 19.0. The first-order chi connectivity index (χ1) is 13.7. The molecule has 0 unspecified atom stereocenters. The topological polar surface area (TPSA) is 62.4 Å². The fourth-order valence-corrected chi connectivity index (χ4v) is 3.94. The van der Waals surface area contributed by atoms with E-state index in [1.54, 1.807) is 12.1 Å². The predicted octanol–water partition coefficient (Wildman–Crippen LogP) is 4.94. The van der Waals surface area contributed by atoms with Gasteiger partial charge < -0.3 is 9.52 Å². The lowest BCUT2D eigenvalue weighted by Gasteiger charge is -2.31. The Morgan fingerprint density at radius 2 is 1.79 bits per heavy atom. The summed E-state index contributed by atoms with van der Waals surface area (Å²) < 4.78 is 5.83. The lowest BCUT2D eigenvalue weighted by atomic mass is 9.90. The zero-order valence-electron chi connectivity index (χ0n) is 15.7. The first-order valence-corrected chi connectivity index (χ1v) is 10.1. The van der Waals surface area contributed by atoms with Gasteiger partial charge in [-0.2, -0.15) is 0 Å². The number of hydrogen-bond donors (Lipinski definition) is 1. The van der Waals surface area contributed by atoms with Crippen LogP contribution in [0, 0.1) is 5.92 Å². The molecule has 0 amide bonds. The molecule has 1 N–H and O–H groups in total. The van der Waals surface area contributed by atoms with E-state index < -0.39 is 0 Å². The molecule has 3 aromatic rings. The summed E-state index contributed by atoms with van der Waals surface area (Å²) in [6, 6.07) is 15.1. The average molecular weight is 398 g/mol. The molecule has 6 heteroatoms. The zero-order chi connectivity index (χ0) is 19.3. The van der Waals surface area contributed by atoms with Gasteiger partial charge in [-0.1, -0.05) is 35.9 Å². The van der Waals surface area contributed by atoms with E-state index in [-0.39, 0.29) is 0 Å². The monoisotopic (exact) mass is 397 g/mol. The van der Waals surface area contributed by atoms with E-state index in [0.29, 0.717) is 29.1 Å². The van der Waals surface area contributed by atoms with Crippen molar-refractivity contribution in [3.8, 4) is 17.2 Å². The quantitative estimate of drug-likeness (QED) is 0.638. The third-order valence-electron chi connectivity index (χ3n) is 5.41. The minimum absolute atomic E-state index is 0.329. The minimum atomic E-state index is 0.329. The van der Waals surface area contributed by atoms with Gasteiger partial charge in [-0.15, -0.1) is 10.2 Å². The van der Waals surface area contributed by atoms with Gasteiger partial charge in [0.15, 0.2) is 0 Å². The molecule has 1 saturated heterocycles. The lowest BCUT2D eigenvalue weighted by Crippen LogP contribution is -2.33. The molecule has 2 heterocycles. The maximum absolute atomic E-state index is 9.37. The van der Waals surface area contributed by atoms with Crippen LogP contribution in [0.3, 0.4) is 0 Å². The molecule has 0 bridgehead atoms. The van der Waals surface area contributed by atoms with Gasteiger partial charge in [0.2, 0.25) is 11.8 Å². The Morgan fingerprint density at radius 1 is 1.04 bits per heavy atom. The SMILES string of the molecule is Oc1ccc(CCC2CCN(Cc3nnc(-c4ccccc4Cl)o3)CC2)cc1. The van der Waals surface area contributed by atoms with Gasteiger partial charge in [0.1, 0.15) is 5.75 Å². The molecule has 0 spiro atoms. The normalized spacial score (nSPS) is 15.8. The maximum atomic E-state index is 9.37. The second kappa shape index (κ2) is 8.76. The van der Waals surface area contributed by atoms with Crippen molar-refractivity contribution in [1.29, 1.82) is 0 Å². The summed E-state index contributed by atoms with van der Waals surface area (Å²) in [7, 11) is 0. The predicted molar refractivity (Wildman–Crippen MR) is 109 cm³/mol. The van der Waals surface area contributed by atoms with Crippen molar-refractivity contribution in [1.82, 2.24) is 15.1 Å². The van der Waals surface area contributed by atoms with Crippen molar-refractivity contribution in [2.24, 2.45) is 5.92 Å². The fraction of sp³-hybridized carbons (Fsp3) is 0.364. The third kappa shape index (κ3) is 4.72. The summed E-state index contributed by atoms with van der Waals surface area (Å²) in [5, 5.41) is 18.3. The molecular formula is C22H24ClN3O2. The Labute approximate surface area is 170 Å². The van der Waals surface area contributed by atoms with Crippen LogP contribution in [0.2, 0.25) is 5.02 Å². The van der Waals surface area contributed by atoms with Gasteiger partial charge >= 0.3 is 0 Å². The Balaban J connectivity index is 1.26. The summed E-state index contributed by atoms with van der Waals surface area (Å²) in [6.45, 7) is 2.77. The number of aromatic hydroxyl groups is 1. The summed E-state index contributed by atoms with van der Waals surface area (Å²) >= 11 is 6.21. The van der Waals surface area contributed by atoms with Crippen LogP contribution in [-0.4, -0.2) is 33.3 Å². The highest BCUT2D eigenvalue weighted by Crippen LogP contribution is 2.27. The van der Waals surface area contributed by atoms with Crippen LogP contribution in [-0.2, 0) is 13.0 Å². The average Bonchev–Trinajstić information content (AvgIpc) is 3.17. The van der Waals surface area contributed by atoms with Gasteiger partial charge in [0, 0.05) is 0 Å². The Hall–Kier alpha value is -2.37. The van der Waals surface area contributed by atoms with Crippen LogP contribution in [0.5, 0.6) is 5.75 Å². The van der Waals surface area contributed by atoms with Crippen LogP contribution in [0.15, 0.2) is 52.9 Å². The van der Waals surface area contributed by atoms with E-state index in [9.17, 15) is 5.11 Å². The summed E-state index contributed by atoms with van der Waals surface area (Å²) in [6.07, 6.45) is 4.62. The van der Waals surface area contributed by atoms with Gasteiger partial charge in [-0.3, -0.25) is 4.90 Å². The van der Waals surface area contributed by atoms with Crippen molar-refractivity contribution in [3.63, 3.8) is 0 Å². The van der Waals surface area contributed by atoms with Crippen molar-refractivity contribution in [2.45, 2.75) is 32.2 Å². The van der Waals surface area contributed by atoms with Crippen molar-refractivity contribution in [3.05, 3.63) is 65.0 Å². The summed E-state index contributed by atoms with van der Waals surface area (Å²) in [5.74, 6) is 2.18. The Kier molecular flexibility index (Phi) is 5.93. The molecule has 0 saturated carbocycles. The third-order valence-corrected chi connectivity index (χ3v) is 5.74. The number of phenolic OH excluding ortho intramolecular Hbond substituents is 1. The largest absolute Gasteiger partial charge is 0.508 e. The van der Waals surface area contributed by atoms with E-state index in [1.807, 2.05) is 36.4 Å². The van der Waals surface area contributed by atoms with Crippen LogP contribution in [0.1, 0.15) is 30.7 Å². The molecule has 0 radical (unpaired) electrons. The molecule has 1 aliphatic rings. The second-order valence-corrected chi connectivity index (χ2v) is 7.81. The molecule has 28 heavy (non-hydrogen) atoms. The summed E-state index contributed by atoms with van der Waals surface area (Å²) in [5.41, 5.74) is 2.06. The van der Waals surface area contributed by atoms with Crippen molar-refractivity contribution >= 4 is 11.6 Å². The van der Waals surface area contributed by atoms with Crippen LogP contribution < -0.4 is 0 Å². The van der Waals surface area contributed by atoms with Gasteiger partial charge in [0.05, 0.1) is 17.1 Å². The molecule has 2 aromatic carbocycles. The fourth-order valence-electron chi connectivity index (χ4n) is 3.72. The summed E-state index contributed by atoms with van der Waals surface area (Å²) in [4.78, 5) is 2.38. The number of piperidine rings is 1. The number of phenols is 1. The minimum Gasteiger partial charge on any atom is -0.508 e. The Bertz CT molecular complexity index is 902. The maximum Gasteiger partial charge on any atom is 0.249 e. The Morgan fingerprint density at radius 3 is 2.54 bits per heavy atom. The second-order valence-electron chi connectivity index (χ2n) is 7.41. The number of benzene rings is 2. The number of halogens is 1. The molecule has 0 aliphatic carbocycles.